The predicted molar refractivity (Wildman–Crippen MR) is 70.3 cm³/mol. The molecule has 1 aromatic carbocycles. The Bertz CT molecular complexity index is 651. The molecule has 7 heteroatoms. The van der Waals surface area contributed by atoms with Crippen LogP contribution in [0.5, 0.6) is 5.75 Å². The molecule has 0 saturated carbocycles. The van der Waals surface area contributed by atoms with Crippen molar-refractivity contribution in [3.05, 3.63) is 42.0 Å². The Labute approximate surface area is 111 Å². The summed E-state index contributed by atoms with van der Waals surface area (Å²) in [7, 11) is -2.20. The number of aromatic amines is 1. The summed E-state index contributed by atoms with van der Waals surface area (Å²) in [4.78, 5) is 6.92. The fourth-order valence-electron chi connectivity index (χ4n) is 1.63. The summed E-state index contributed by atoms with van der Waals surface area (Å²) < 4.78 is 32.0. The lowest BCUT2D eigenvalue weighted by Gasteiger charge is -2.10. The summed E-state index contributed by atoms with van der Waals surface area (Å²) in [6.45, 7) is 1.93. The van der Waals surface area contributed by atoms with Gasteiger partial charge in [0.1, 0.15) is 16.5 Å². The van der Waals surface area contributed by atoms with Gasteiger partial charge in [-0.1, -0.05) is 6.07 Å². The maximum atomic E-state index is 12.2. The van der Waals surface area contributed by atoms with E-state index in [1.54, 1.807) is 30.6 Å². The first kappa shape index (κ1) is 13.6. The molecule has 0 fully saturated rings. The Balaban J connectivity index is 2.26. The molecule has 0 bridgehead atoms. The molecule has 0 aliphatic rings. The van der Waals surface area contributed by atoms with Gasteiger partial charge in [0.15, 0.2) is 0 Å². The molecule has 1 aromatic heterocycles. The van der Waals surface area contributed by atoms with Crippen LogP contribution in [0.1, 0.15) is 11.4 Å². The van der Waals surface area contributed by atoms with Gasteiger partial charge in [-0.25, -0.2) is 18.1 Å². The molecular formula is C12H15N3O3S. The van der Waals surface area contributed by atoms with Crippen LogP contribution in [0.3, 0.4) is 0 Å². The lowest BCUT2D eigenvalue weighted by atomic mass is 10.2. The average Bonchev–Trinajstić information content (AvgIpc) is 2.89. The highest BCUT2D eigenvalue weighted by Gasteiger charge is 2.19. The van der Waals surface area contributed by atoms with Crippen LogP contribution in [0, 0.1) is 6.92 Å². The second kappa shape index (κ2) is 5.41. The molecule has 2 N–H and O–H groups in total. The molecule has 1 heterocycles. The lowest BCUT2D eigenvalue weighted by Crippen LogP contribution is -2.24. The SMILES string of the molecule is COc1ccc(C)cc1S(=O)(=O)NCc1ncc[nH]1. The van der Waals surface area contributed by atoms with Crippen molar-refractivity contribution < 1.29 is 13.2 Å². The summed E-state index contributed by atoms with van der Waals surface area (Å²) in [5, 5.41) is 0. The third kappa shape index (κ3) is 3.12. The molecule has 0 radical (unpaired) electrons. The van der Waals surface area contributed by atoms with E-state index in [-0.39, 0.29) is 11.4 Å². The zero-order valence-corrected chi connectivity index (χ0v) is 11.5. The van der Waals surface area contributed by atoms with Crippen molar-refractivity contribution in [1.29, 1.82) is 0 Å². The number of imidazole rings is 1. The average molecular weight is 281 g/mol. The Morgan fingerprint density at radius 3 is 2.84 bits per heavy atom. The van der Waals surface area contributed by atoms with Crippen LogP contribution < -0.4 is 9.46 Å². The van der Waals surface area contributed by atoms with Crippen molar-refractivity contribution in [2.24, 2.45) is 0 Å². The predicted octanol–water partition coefficient (Wildman–Crippen LogP) is 1.21. The van der Waals surface area contributed by atoms with Gasteiger partial charge in [-0.05, 0) is 24.6 Å². The van der Waals surface area contributed by atoms with E-state index in [0.717, 1.165) is 5.56 Å². The van der Waals surface area contributed by atoms with E-state index < -0.39 is 10.0 Å². The first-order chi connectivity index (χ1) is 9.03. The fraction of sp³-hybridized carbons (Fsp3) is 0.250. The van der Waals surface area contributed by atoms with Crippen LogP contribution in [0.25, 0.3) is 0 Å². The largest absolute Gasteiger partial charge is 0.495 e. The van der Waals surface area contributed by atoms with Gasteiger partial charge in [-0.15, -0.1) is 0 Å². The van der Waals surface area contributed by atoms with Crippen LogP contribution >= 0.6 is 0 Å². The molecule has 0 amide bonds. The van der Waals surface area contributed by atoms with Gasteiger partial charge < -0.3 is 9.72 Å². The number of hydrogen-bond donors (Lipinski definition) is 2. The number of benzene rings is 1. The first-order valence-corrected chi connectivity index (χ1v) is 7.14. The van der Waals surface area contributed by atoms with E-state index in [0.29, 0.717) is 11.6 Å². The highest BCUT2D eigenvalue weighted by atomic mass is 32.2. The molecule has 0 unspecified atom stereocenters. The molecule has 0 aliphatic carbocycles. The maximum Gasteiger partial charge on any atom is 0.244 e. The van der Waals surface area contributed by atoms with E-state index in [2.05, 4.69) is 14.7 Å². The monoisotopic (exact) mass is 281 g/mol. The normalized spacial score (nSPS) is 11.5. The van der Waals surface area contributed by atoms with Gasteiger partial charge in [0.05, 0.1) is 13.7 Å². The number of ether oxygens (including phenoxy) is 1. The molecule has 6 nitrogen and oxygen atoms in total. The molecular weight excluding hydrogens is 266 g/mol. The Morgan fingerprint density at radius 2 is 2.21 bits per heavy atom. The number of aryl methyl sites for hydroxylation is 1. The summed E-state index contributed by atoms with van der Waals surface area (Å²) in [5.41, 5.74) is 0.846. The van der Waals surface area contributed by atoms with E-state index in [9.17, 15) is 8.42 Å². The van der Waals surface area contributed by atoms with Crippen molar-refractivity contribution in [3.8, 4) is 5.75 Å². The molecule has 2 rings (SSSR count). The van der Waals surface area contributed by atoms with Gasteiger partial charge in [-0.2, -0.15) is 0 Å². The third-order valence-electron chi connectivity index (χ3n) is 2.59. The number of rotatable bonds is 5. The molecule has 0 atom stereocenters. The van der Waals surface area contributed by atoms with Crippen molar-refractivity contribution in [2.45, 2.75) is 18.4 Å². The molecule has 2 aromatic rings. The number of hydrogen-bond acceptors (Lipinski definition) is 4. The van der Waals surface area contributed by atoms with Crippen molar-refractivity contribution >= 4 is 10.0 Å². The molecule has 102 valence electrons. The standard InChI is InChI=1S/C12H15N3O3S/c1-9-3-4-10(18-2)11(7-9)19(16,17)15-8-12-13-5-6-14-12/h3-7,15H,8H2,1-2H3,(H,13,14). The van der Waals surface area contributed by atoms with Crippen molar-refractivity contribution in [2.75, 3.05) is 7.11 Å². The minimum absolute atomic E-state index is 0.104. The number of H-pyrrole nitrogens is 1. The van der Waals surface area contributed by atoms with Crippen LogP contribution in [-0.4, -0.2) is 25.5 Å². The van der Waals surface area contributed by atoms with Gasteiger partial charge >= 0.3 is 0 Å². The highest BCUT2D eigenvalue weighted by Crippen LogP contribution is 2.24. The minimum atomic E-state index is -3.64. The van der Waals surface area contributed by atoms with Gasteiger partial charge in [-0.3, -0.25) is 0 Å². The van der Waals surface area contributed by atoms with Gasteiger partial charge in [0, 0.05) is 12.4 Å². The number of sulfonamides is 1. The van der Waals surface area contributed by atoms with Gasteiger partial charge in [0.25, 0.3) is 0 Å². The zero-order valence-electron chi connectivity index (χ0n) is 10.7. The molecule has 0 saturated heterocycles. The first-order valence-electron chi connectivity index (χ1n) is 5.65. The van der Waals surface area contributed by atoms with E-state index in [4.69, 9.17) is 4.74 Å². The number of nitrogens with zero attached hydrogens (tertiary/aromatic N) is 1. The van der Waals surface area contributed by atoms with Crippen molar-refractivity contribution in [1.82, 2.24) is 14.7 Å². The van der Waals surface area contributed by atoms with Crippen LogP contribution in [0.4, 0.5) is 0 Å². The molecule has 0 aliphatic heterocycles. The molecule has 19 heavy (non-hydrogen) atoms. The lowest BCUT2D eigenvalue weighted by molar-refractivity contribution is 0.402. The Kier molecular flexibility index (Phi) is 3.87. The summed E-state index contributed by atoms with van der Waals surface area (Å²) >= 11 is 0. The number of aromatic nitrogens is 2. The summed E-state index contributed by atoms with van der Waals surface area (Å²) in [5.74, 6) is 0.868. The summed E-state index contributed by atoms with van der Waals surface area (Å²) in [6.07, 6.45) is 3.20. The number of nitrogens with one attached hydrogen (secondary N) is 2. The van der Waals surface area contributed by atoms with E-state index in [1.165, 1.54) is 7.11 Å². The summed E-state index contributed by atoms with van der Waals surface area (Å²) in [6, 6.07) is 5.00. The Morgan fingerprint density at radius 1 is 1.42 bits per heavy atom. The van der Waals surface area contributed by atoms with E-state index in [1.807, 2.05) is 6.92 Å². The number of methoxy groups -OCH3 is 1. The maximum absolute atomic E-state index is 12.2. The Hall–Kier alpha value is -1.86. The van der Waals surface area contributed by atoms with Crippen LogP contribution in [-0.2, 0) is 16.6 Å². The minimum Gasteiger partial charge on any atom is -0.495 e. The van der Waals surface area contributed by atoms with Gasteiger partial charge in [0.2, 0.25) is 10.0 Å². The van der Waals surface area contributed by atoms with E-state index >= 15 is 0 Å². The van der Waals surface area contributed by atoms with Crippen LogP contribution in [0.2, 0.25) is 0 Å². The van der Waals surface area contributed by atoms with Crippen LogP contribution in [0.15, 0.2) is 35.5 Å². The second-order valence-corrected chi connectivity index (χ2v) is 5.75. The fourth-order valence-corrected chi connectivity index (χ4v) is 2.87. The smallest absolute Gasteiger partial charge is 0.244 e. The topological polar surface area (TPSA) is 84.1 Å². The second-order valence-electron chi connectivity index (χ2n) is 4.01. The quantitative estimate of drug-likeness (QED) is 0.862. The third-order valence-corrected chi connectivity index (χ3v) is 4.02. The van der Waals surface area contributed by atoms with Crippen molar-refractivity contribution in [3.63, 3.8) is 0 Å². The highest BCUT2D eigenvalue weighted by molar-refractivity contribution is 7.89. The molecule has 0 spiro atoms. The zero-order chi connectivity index (χ0) is 13.9.